The van der Waals surface area contributed by atoms with E-state index >= 15 is 0 Å². The molecule has 2 aliphatic rings. The monoisotopic (exact) mass is 233 g/mol. The van der Waals surface area contributed by atoms with E-state index in [1.54, 1.807) is 0 Å². The van der Waals surface area contributed by atoms with Gasteiger partial charge in [0.25, 0.3) is 0 Å². The SMILES string of the molecule is O=C(O)CC1CCN2c3ccccc3OCC12. The van der Waals surface area contributed by atoms with Gasteiger partial charge < -0.3 is 14.7 Å². The third-order valence-electron chi connectivity index (χ3n) is 3.71. The van der Waals surface area contributed by atoms with Gasteiger partial charge in [-0.25, -0.2) is 0 Å². The molecule has 0 aliphatic carbocycles. The minimum absolute atomic E-state index is 0.209. The number of carboxylic acid groups (broad SMARTS) is 1. The highest BCUT2D eigenvalue weighted by atomic mass is 16.5. The highest BCUT2D eigenvalue weighted by Crippen LogP contribution is 2.40. The first-order valence-electron chi connectivity index (χ1n) is 5.96. The minimum atomic E-state index is -0.712. The van der Waals surface area contributed by atoms with Crippen LogP contribution < -0.4 is 9.64 Å². The number of carbonyl (C=O) groups is 1. The smallest absolute Gasteiger partial charge is 0.303 e. The summed E-state index contributed by atoms with van der Waals surface area (Å²) in [5.74, 6) is 0.413. The van der Waals surface area contributed by atoms with E-state index < -0.39 is 5.97 Å². The number of ether oxygens (including phenoxy) is 1. The largest absolute Gasteiger partial charge is 0.489 e. The standard InChI is InChI=1S/C13H15NO3/c15-13(16)7-9-5-6-14-10-3-1-2-4-12(10)17-8-11(9)14/h1-4,9,11H,5-8H2,(H,15,16). The first kappa shape index (κ1) is 10.4. The summed E-state index contributed by atoms with van der Waals surface area (Å²) in [6.07, 6.45) is 1.18. The van der Waals surface area contributed by atoms with Crippen LogP contribution in [0.25, 0.3) is 0 Å². The van der Waals surface area contributed by atoms with E-state index in [-0.39, 0.29) is 18.4 Å². The lowest BCUT2D eigenvalue weighted by Gasteiger charge is -2.35. The van der Waals surface area contributed by atoms with Crippen LogP contribution >= 0.6 is 0 Å². The maximum atomic E-state index is 10.8. The normalized spacial score (nSPS) is 26.0. The summed E-state index contributed by atoms with van der Waals surface area (Å²) >= 11 is 0. The van der Waals surface area contributed by atoms with Crippen LogP contribution in [0.1, 0.15) is 12.8 Å². The Morgan fingerprint density at radius 3 is 3.12 bits per heavy atom. The van der Waals surface area contributed by atoms with Crippen LogP contribution in [0.15, 0.2) is 24.3 Å². The molecule has 2 unspecified atom stereocenters. The van der Waals surface area contributed by atoms with E-state index in [4.69, 9.17) is 9.84 Å². The molecule has 1 N–H and O–H groups in total. The molecule has 4 heteroatoms. The second-order valence-electron chi connectivity index (χ2n) is 4.69. The number of benzene rings is 1. The number of carboxylic acids is 1. The first-order valence-corrected chi connectivity index (χ1v) is 5.96. The van der Waals surface area contributed by atoms with Crippen LogP contribution in [0.4, 0.5) is 5.69 Å². The highest BCUT2D eigenvalue weighted by molar-refractivity contribution is 5.68. The lowest BCUT2D eigenvalue weighted by atomic mass is 9.96. The Balaban J connectivity index is 1.85. The van der Waals surface area contributed by atoms with Gasteiger partial charge in [0.2, 0.25) is 0 Å². The summed E-state index contributed by atoms with van der Waals surface area (Å²) in [4.78, 5) is 13.1. The van der Waals surface area contributed by atoms with Crippen molar-refractivity contribution in [3.8, 4) is 5.75 Å². The summed E-state index contributed by atoms with van der Waals surface area (Å²) in [6.45, 7) is 1.54. The van der Waals surface area contributed by atoms with Crippen LogP contribution in [-0.2, 0) is 4.79 Å². The van der Waals surface area contributed by atoms with Crippen molar-refractivity contribution in [3.05, 3.63) is 24.3 Å². The van der Waals surface area contributed by atoms with Gasteiger partial charge in [-0.3, -0.25) is 4.79 Å². The molecule has 1 fully saturated rings. The summed E-state index contributed by atoms with van der Waals surface area (Å²) < 4.78 is 5.71. The van der Waals surface area contributed by atoms with E-state index in [1.165, 1.54) is 0 Å². The van der Waals surface area contributed by atoms with Crippen LogP contribution in [0, 0.1) is 5.92 Å². The number of aliphatic carboxylic acids is 1. The number of anilines is 1. The first-order chi connectivity index (χ1) is 8.25. The number of para-hydroxylation sites is 2. The fourth-order valence-electron chi connectivity index (χ4n) is 2.90. The van der Waals surface area contributed by atoms with Gasteiger partial charge in [-0.2, -0.15) is 0 Å². The lowest BCUT2D eigenvalue weighted by Crippen LogP contribution is -2.41. The molecule has 1 saturated heterocycles. The molecule has 2 heterocycles. The third-order valence-corrected chi connectivity index (χ3v) is 3.71. The van der Waals surface area contributed by atoms with Crippen molar-refractivity contribution >= 4 is 11.7 Å². The molecular weight excluding hydrogens is 218 g/mol. The van der Waals surface area contributed by atoms with Crippen LogP contribution in [0.2, 0.25) is 0 Å². The van der Waals surface area contributed by atoms with E-state index in [0.717, 1.165) is 24.4 Å². The second-order valence-corrected chi connectivity index (χ2v) is 4.69. The van der Waals surface area contributed by atoms with Gasteiger partial charge in [0.15, 0.2) is 0 Å². The Morgan fingerprint density at radius 1 is 1.47 bits per heavy atom. The van der Waals surface area contributed by atoms with Crippen molar-refractivity contribution < 1.29 is 14.6 Å². The van der Waals surface area contributed by atoms with Gasteiger partial charge in [0.1, 0.15) is 12.4 Å². The Labute approximate surface area is 99.8 Å². The molecule has 4 nitrogen and oxygen atoms in total. The molecule has 0 saturated carbocycles. The maximum absolute atomic E-state index is 10.8. The Kier molecular flexibility index (Phi) is 2.42. The van der Waals surface area contributed by atoms with Crippen molar-refractivity contribution in [1.82, 2.24) is 0 Å². The Bertz CT molecular complexity index is 446. The maximum Gasteiger partial charge on any atom is 0.303 e. The predicted octanol–water partition coefficient (Wildman–Crippen LogP) is 1.75. The molecule has 2 atom stereocenters. The Hall–Kier alpha value is -1.71. The van der Waals surface area contributed by atoms with Crippen LogP contribution in [-0.4, -0.2) is 30.3 Å². The van der Waals surface area contributed by atoms with Gasteiger partial charge in [0, 0.05) is 6.54 Å². The lowest BCUT2D eigenvalue weighted by molar-refractivity contribution is -0.138. The average Bonchev–Trinajstić information content (AvgIpc) is 2.72. The van der Waals surface area contributed by atoms with Crippen LogP contribution in [0.5, 0.6) is 5.75 Å². The number of nitrogens with zero attached hydrogens (tertiary/aromatic N) is 1. The Morgan fingerprint density at radius 2 is 2.29 bits per heavy atom. The van der Waals surface area contributed by atoms with Crippen molar-refractivity contribution in [2.24, 2.45) is 5.92 Å². The van der Waals surface area contributed by atoms with E-state index in [1.807, 2.05) is 24.3 Å². The zero-order chi connectivity index (χ0) is 11.8. The minimum Gasteiger partial charge on any atom is -0.489 e. The third kappa shape index (κ3) is 1.73. The molecule has 90 valence electrons. The molecule has 1 aromatic rings. The number of fused-ring (bicyclic) bond motifs is 3. The fraction of sp³-hybridized carbons (Fsp3) is 0.462. The molecule has 17 heavy (non-hydrogen) atoms. The quantitative estimate of drug-likeness (QED) is 0.845. The van der Waals surface area contributed by atoms with Crippen molar-refractivity contribution in [1.29, 1.82) is 0 Å². The molecule has 0 bridgehead atoms. The topological polar surface area (TPSA) is 49.8 Å². The molecule has 0 aromatic heterocycles. The van der Waals surface area contributed by atoms with E-state index in [0.29, 0.717) is 6.61 Å². The summed E-state index contributed by atoms with van der Waals surface area (Å²) in [7, 11) is 0. The van der Waals surface area contributed by atoms with Crippen molar-refractivity contribution in [3.63, 3.8) is 0 Å². The number of hydrogen-bond acceptors (Lipinski definition) is 3. The molecular formula is C13H15NO3. The molecule has 1 aromatic carbocycles. The zero-order valence-corrected chi connectivity index (χ0v) is 9.50. The van der Waals surface area contributed by atoms with Crippen molar-refractivity contribution in [2.45, 2.75) is 18.9 Å². The molecule has 0 radical (unpaired) electrons. The number of hydrogen-bond donors (Lipinski definition) is 1. The second kappa shape index (κ2) is 3.95. The summed E-state index contributed by atoms with van der Waals surface area (Å²) in [5, 5.41) is 8.90. The van der Waals surface area contributed by atoms with Crippen LogP contribution in [0.3, 0.4) is 0 Å². The van der Waals surface area contributed by atoms with Gasteiger partial charge in [-0.15, -0.1) is 0 Å². The highest BCUT2D eigenvalue weighted by Gasteiger charge is 2.39. The van der Waals surface area contributed by atoms with Gasteiger partial charge in [-0.05, 0) is 24.5 Å². The molecule has 3 rings (SSSR count). The van der Waals surface area contributed by atoms with Gasteiger partial charge in [-0.1, -0.05) is 12.1 Å². The van der Waals surface area contributed by atoms with Gasteiger partial charge >= 0.3 is 5.97 Å². The molecule has 0 spiro atoms. The van der Waals surface area contributed by atoms with Crippen molar-refractivity contribution in [2.75, 3.05) is 18.1 Å². The van der Waals surface area contributed by atoms with Gasteiger partial charge in [0.05, 0.1) is 18.2 Å². The average molecular weight is 233 g/mol. The summed E-state index contributed by atoms with van der Waals surface area (Å²) in [6, 6.07) is 8.20. The fourth-order valence-corrected chi connectivity index (χ4v) is 2.90. The zero-order valence-electron chi connectivity index (χ0n) is 9.50. The number of rotatable bonds is 2. The predicted molar refractivity (Wildman–Crippen MR) is 63.4 cm³/mol. The van der Waals surface area contributed by atoms with E-state index in [9.17, 15) is 4.79 Å². The van der Waals surface area contributed by atoms with E-state index in [2.05, 4.69) is 4.90 Å². The molecule has 0 amide bonds. The molecule has 2 aliphatic heterocycles. The summed E-state index contributed by atoms with van der Waals surface area (Å²) in [5.41, 5.74) is 1.11.